The van der Waals surface area contributed by atoms with Gasteiger partial charge in [-0.25, -0.2) is 0 Å². The number of rotatable bonds is 5. The molecule has 1 aliphatic heterocycles. The summed E-state index contributed by atoms with van der Waals surface area (Å²) in [7, 11) is 0. The highest BCUT2D eigenvalue weighted by Crippen LogP contribution is 2.50. The van der Waals surface area contributed by atoms with Crippen molar-refractivity contribution in [2.75, 3.05) is 31.1 Å². The zero-order chi connectivity index (χ0) is 18.1. The third-order valence-corrected chi connectivity index (χ3v) is 6.39. The lowest BCUT2D eigenvalue weighted by molar-refractivity contribution is 0.312. The molecule has 0 bridgehead atoms. The molecular formula is C23H26N2S. The molecule has 0 saturated heterocycles. The zero-order valence-electron chi connectivity index (χ0n) is 15.8. The predicted octanol–water partition coefficient (Wildman–Crippen LogP) is 6.09. The molecule has 0 unspecified atom stereocenters. The second-order valence-electron chi connectivity index (χ2n) is 6.89. The van der Waals surface area contributed by atoms with Crippen LogP contribution in [0.2, 0.25) is 0 Å². The van der Waals surface area contributed by atoms with Gasteiger partial charge in [0.15, 0.2) is 0 Å². The number of nitrogens with zero attached hydrogens (tertiary/aromatic N) is 2. The lowest BCUT2D eigenvalue weighted by Gasteiger charge is -2.35. The third kappa shape index (κ3) is 3.10. The fourth-order valence-electron chi connectivity index (χ4n) is 3.77. The summed E-state index contributed by atoms with van der Waals surface area (Å²) in [6.07, 6.45) is 0. The SMILES string of the molecule is CCN(CC)CCN1c2ccc(C)cc2Sc2ccc3ccccc3c21. The maximum Gasteiger partial charge on any atom is 0.0632 e. The van der Waals surface area contributed by atoms with Crippen LogP contribution in [0.1, 0.15) is 19.4 Å². The van der Waals surface area contributed by atoms with Gasteiger partial charge in [-0.3, -0.25) is 0 Å². The van der Waals surface area contributed by atoms with E-state index in [2.05, 4.69) is 85.2 Å². The van der Waals surface area contributed by atoms with Gasteiger partial charge in [-0.2, -0.15) is 0 Å². The standard InChI is InChI=1S/C23H26N2S/c1-4-24(5-2)14-15-25-20-12-10-17(3)16-22(20)26-21-13-11-18-8-6-7-9-19(18)23(21)25/h6-13,16H,4-5,14-15H2,1-3H3. The van der Waals surface area contributed by atoms with Gasteiger partial charge in [0.25, 0.3) is 0 Å². The lowest BCUT2D eigenvalue weighted by atomic mass is 10.1. The summed E-state index contributed by atoms with van der Waals surface area (Å²) >= 11 is 1.91. The fraction of sp³-hybridized carbons (Fsp3) is 0.304. The zero-order valence-corrected chi connectivity index (χ0v) is 16.6. The van der Waals surface area contributed by atoms with Gasteiger partial charge in [-0.15, -0.1) is 0 Å². The van der Waals surface area contributed by atoms with E-state index in [1.165, 1.54) is 37.5 Å². The van der Waals surface area contributed by atoms with Gasteiger partial charge in [-0.1, -0.05) is 62.0 Å². The lowest BCUT2D eigenvalue weighted by Crippen LogP contribution is -2.34. The van der Waals surface area contributed by atoms with Crippen molar-refractivity contribution in [3.63, 3.8) is 0 Å². The van der Waals surface area contributed by atoms with Crippen LogP contribution in [0.25, 0.3) is 10.8 Å². The molecule has 1 heterocycles. The van der Waals surface area contributed by atoms with Crippen molar-refractivity contribution in [3.8, 4) is 0 Å². The van der Waals surface area contributed by atoms with Gasteiger partial charge in [-0.05, 0) is 49.2 Å². The van der Waals surface area contributed by atoms with E-state index >= 15 is 0 Å². The normalized spacial score (nSPS) is 13.2. The monoisotopic (exact) mass is 362 g/mol. The minimum Gasteiger partial charge on any atom is -0.338 e. The van der Waals surface area contributed by atoms with Crippen LogP contribution in [0, 0.1) is 6.92 Å². The van der Waals surface area contributed by atoms with Crippen molar-refractivity contribution in [3.05, 3.63) is 60.2 Å². The maximum absolute atomic E-state index is 2.54. The summed E-state index contributed by atoms with van der Waals surface area (Å²) in [5.74, 6) is 0. The second kappa shape index (κ2) is 7.34. The Morgan fingerprint density at radius 1 is 0.923 bits per heavy atom. The Hall–Kier alpha value is -1.97. The van der Waals surface area contributed by atoms with Crippen molar-refractivity contribution in [1.82, 2.24) is 4.90 Å². The Morgan fingerprint density at radius 2 is 1.73 bits per heavy atom. The van der Waals surface area contributed by atoms with E-state index in [1.807, 2.05) is 11.8 Å². The van der Waals surface area contributed by atoms with Crippen LogP contribution in [0.4, 0.5) is 11.4 Å². The molecule has 134 valence electrons. The highest BCUT2D eigenvalue weighted by molar-refractivity contribution is 7.99. The number of hydrogen-bond acceptors (Lipinski definition) is 3. The Bertz CT molecular complexity index is 931. The molecule has 0 amide bonds. The van der Waals surface area contributed by atoms with E-state index in [-0.39, 0.29) is 0 Å². The smallest absolute Gasteiger partial charge is 0.0632 e. The highest BCUT2D eigenvalue weighted by atomic mass is 32.2. The summed E-state index contributed by atoms with van der Waals surface area (Å²) in [6, 6.07) is 20.2. The molecule has 3 aromatic carbocycles. The largest absolute Gasteiger partial charge is 0.338 e. The van der Waals surface area contributed by atoms with E-state index in [0.29, 0.717) is 0 Å². The predicted molar refractivity (Wildman–Crippen MR) is 114 cm³/mol. The Balaban J connectivity index is 1.84. The first-order chi connectivity index (χ1) is 12.7. The van der Waals surface area contributed by atoms with Crippen molar-refractivity contribution >= 4 is 33.9 Å². The second-order valence-corrected chi connectivity index (χ2v) is 7.97. The first-order valence-electron chi connectivity index (χ1n) is 9.51. The minimum absolute atomic E-state index is 1.01. The van der Waals surface area contributed by atoms with Gasteiger partial charge in [0.1, 0.15) is 0 Å². The summed E-state index contributed by atoms with van der Waals surface area (Å²) in [6.45, 7) is 11.0. The summed E-state index contributed by atoms with van der Waals surface area (Å²) < 4.78 is 0. The summed E-state index contributed by atoms with van der Waals surface area (Å²) in [5.41, 5.74) is 4.04. The van der Waals surface area contributed by atoms with Crippen LogP contribution in [0.3, 0.4) is 0 Å². The first kappa shape index (κ1) is 17.4. The maximum atomic E-state index is 2.54. The molecule has 0 saturated carbocycles. The molecule has 0 aromatic heterocycles. The molecule has 2 nitrogen and oxygen atoms in total. The first-order valence-corrected chi connectivity index (χ1v) is 10.3. The molecule has 3 heteroatoms. The van der Waals surface area contributed by atoms with E-state index < -0.39 is 0 Å². The van der Waals surface area contributed by atoms with Gasteiger partial charge >= 0.3 is 0 Å². The van der Waals surface area contributed by atoms with Crippen molar-refractivity contribution in [1.29, 1.82) is 0 Å². The number of aryl methyl sites for hydroxylation is 1. The minimum atomic E-state index is 1.01. The van der Waals surface area contributed by atoms with Crippen LogP contribution < -0.4 is 4.90 Å². The molecule has 1 aliphatic rings. The van der Waals surface area contributed by atoms with Crippen LogP contribution >= 0.6 is 11.8 Å². The number of anilines is 2. The molecule has 0 radical (unpaired) electrons. The molecule has 0 aliphatic carbocycles. The number of benzene rings is 3. The quantitative estimate of drug-likeness (QED) is 0.542. The molecule has 0 fully saturated rings. The molecule has 0 atom stereocenters. The third-order valence-electron chi connectivity index (χ3n) is 5.29. The van der Waals surface area contributed by atoms with Crippen LogP contribution in [-0.2, 0) is 0 Å². The Labute approximate surface area is 160 Å². The topological polar surface area (TPSA) is 6.48 Å². The average molecular weight is 363 g/mol. The highest BCUT2D eigenvalue weighted by Gasteiger charge is 2.25. The van der Waals surface area contributed by atoms with Gasteiger partial charge < -0.3 is 9.80 Å². The van der Waals surface area contributed by atoms with E-state index in [0.717, 1.165) is 26.2 Å². The summed E-state index contributed by atoms with van der Waals surface area (Å²) in [5, 5.41) is 2.67. The molecule has 4 rings (SSSR count). The number of likely N-dealkylation sites (N-methyl/N-ethyl adjacent to an activating group) is 1. The van der Waals surface area contributed by atoms with Gasteiger partial charge in [0, 0.05) is 28.3 Å². The molecule has 3 aromatic rings. The Kier molecular flexibility index (Phi) is 4.92. The van der Waals surface area contributed by atoms with Crippen LogP contribution in [0.5, 0.6) is 0 Å². The van der Waals surface area contributed by atoms with Crippen LogP contribution in [0.15, 0.2) is 64.4 Å². The van der Waals surface area contributed by atoms with E-state index in [9.17, 15) is 0 Å². The van der Waals surface area contributed by atoms with Gasteiger partial charge in [0.2, 0.25) is 0 Å². The van der Waals surface area contributed by atoms with Crippen molar-refractivity contribution in [2.24, 2.45) is 0 Å². The van der Waals surface area contributed by atoms with Crippen LogP contribution in [-0.4, -0.2) is 31.1 Å². The molecular weight excluding hydrogens is 336 g/mol. The van der Waals surface area contributed by atoms with Crippen molar-refractivity contribution in [2.45, 2.75) is 30.6 Å². The Morgan fingerprint density at radius 3 is 2.54 bits per heavy atom. The van der Waals surface area contributed by atoms with E-state index in [1.54, 1.807) is 0 Å². The summed E-state index contributed by atoms with van der Waals surface area (Å²) in [4.78, 5) is 7.77. The van der Waals surface area contributed by atoms with E-state index in [4.69, 9.17) is 0 Å². The average Bonchev–Trinajstić information content (AvgIpc) is 2.67. The van der Waals surface area contributed by atoms with Gasteiger partial charge in [0.05, 0.1) is 11.4 Å². The molecule has 26 heavy (non-hydrogen) atoms. The fourth-order valence-corrected chi connectivity index (χ4v) is 4.99. The molecule has 0 N–H and O–H groups in total. The number of hydrogen-bond donors (Lipinski definition) is 0. The number of fused-ring (bicyclic) bond motifs is 4. The van der Waals surface area contributed by atoms with Crippen molar-refractivity contribution < 1.29 is 0 Å². The molecule has 0 spiro atoms.